The van der Waals surface area contributed by atoms with E-state index in [4.69, 9.17) is 12.6 Å². The van der Waals surface area contributed by atoms with Crippen molar-refractivity contribution in [1.29, 1.82) is 0 Å². The van der Waals surface area contributed by atoms with E-state index in [0.717, 1.165) is 13.2 Å². The third-order valence-corrected chi connectivity index (χ3v) is 0.745. The predicted octanol–water partition coefficient (Wildman–Crippen LogP) is -0.942. The van der Waals surface area contributed by atoms with Gasteiger partial charge in [-0.05, 0) is 0 Å². The lowest BCUT2D eigenvalue weighted by Crippen LogP contribution is -2.21. The molecule has 1 unspecified atom stereocenters. The first-order chi connectivity index (χ1) is 2.89. The molecule has 2 radical (unpaired) electrons. The maximum absolute atomic E-state index is 5.20. The predicted molar refractivity (Wildman–Crippen MR) is 23.5 cm³/mol. The summed E-state index contributed by atoms with van der Waals surface area (Å²) in [6.45, 7) is 1.64. The van der Waals surface area contributed by atoms with Gasteiger partial charge in [0.15, 0.2) is 0 Å². The van der Waals surface area contributed by atoms with Crippen LogP contribution in [0.25, 0.3) is 0 Å². The van der Waals surface area contributed by atoms with E-state index in [2.05, 4.69) is 5.32 Å². The molecule has 1 rings (SSSR count). The van der Waals surface area contributed by atoms with E-state index in [1.807, 2.05) is 0 Å². The zero-order chi connectivity index (χ0) is 4.41. The van der Waals surface area contributed by atoms with E-state index >= 15 is 0 Å². The van der Waals surface area contributed by atoms with Gasteiger partial charge in [-0.25, -0.2) is 0 Å². The van der Waals surface area contributed by atoms with Gasteiger partial charge in [0.1, 0.15) is 7.85 Å². The van der Waals surface area contributed by atoms with Gasteiger partial charge in [0.25, 0.3) is 0 Å². The minimum atomic E-state index is -0.204. The maximum Gasteiger partial charge on any atom is 0.130 e. The molecule has 1 N–H and O–H groups in total. The van der Waals surface area contributed by atoms with Crippen LogP contribution in [-0.4, -0.2) is 27.1 Å². The second kappa shape index (κ2) is 1.62. The molecule has 0 aromatic carbocycles. The Bertz CT molecular complexity index is 44.1. The number of nitrogens with one attached hydrogen (secondary N) is 1. The first kappa shape index (κ1) is 4.15. The molecule has 1 fully saturated rings. The largest absolute Gasteiger partial charge is 0.372 e. The third kappa shape index (κ3) is 0.728. The van der Waals surface area contributed by atoms with E-state index in [9.17, 15) is 0 Å². The van der Waals surface area contributed by atoms with E-state index in [1.165, 1.54) is 0 Å². The molecule has 3 heteroatoms. The summed E-state index contributed by atoms with van der Waals surface area (Å²) in [6, 6.07) is 0. The summed E-state index contributed by atoms with van der Waals surface area (Å²) in [5, 5.41) is 2.88. The summed E-state index contributed by atoms with van der Waals surface area (Å²) < 4.78 is 4.82. The molecule has 0 bridgehead atoms. The zero-order valence-corrected chi connectivity index (χ0v) is 3.48. The van der Waals surface area contributed by atoms with Gasteiger partial charge in [0.2, 0.25) is 0 Å². The molecule has 1 aliphatic rings. The molecule has 1 saturated heterocycles. The van der Waals surface area contributed by atoms with Gasteiger partial charge < -0.3 is 4.74 Å². The lowest BCUT2D eigenvalue weighted by Gasteiger charge is -1.96. The standard InChI is InChI=1S/C3H6BNO/c4-3-5-1-2-6-3/h3,5H,1-2H2. The molecule has 1 heterocycles. The van der Waals surface area contributed by atoms with Crippen LogP contribution in [0.15, 0.2) is 0 Å². The van der Waals surface area contributed by atoms with Gasteiger partial charge in [-0.3, -0.25) is 5.32 Å². The SMILES string of the molecule is [B]C1NCCO1. The summed E-state index contributed by atoms with van der Waals surface area (Å²) in [7, 11) is 5.20. The topological polar surface area (TPSA) is 21.3 Å². The zero-order valence-electron chi connectivity index (χ0n) is 3.48. The normalized spacial score (nSPS) is 34.3. The van der Waals surface area contributed by atoms with Gasteiger partial charge >= 0.3 is 0 Å². The Kier molecular flexibility index (Phi) is 1.12. The molecular weight excluding hydrogens is 76.9 g/mol. The van der Waals surface area contributed by atoms with Gasteiger partial charge in [0.05, 0.1) is 12.7 Å². The van der Waals surface area contributed by atoms with Crippen molar-refractivity contribution in [2.75, 3.05) is 13.2 Å². The number of ether oxygens (including phenoxy) is 1. The molecule has 0 spiro atoms. The minimum absolute atomic E-state index is 0.204. The Balaban J connectivity index is 2.18. The molecule has 32 valence electrons. The van der Waals surface area contributed by atoms with Crippen molar-refractivity contribution in [2.24, 2.45) is 0 Å². The quantitative estimate of drug-likeness (QED) is 0.381. The lowest BCUT2D eigenvalue weighted by molar-refractivity contribution is 0.162. The van der Waals surface area contributed by atoms with Gasteiger partial charge in [-0.1, -0.05) is 0 Å². The summed E-state index contributed by atoms with van der Waals surface area (Å²) in [5.74, 6) is 0. The van der Waals surface area contributed by atoms with Gasteiger partial charge in [-0.2, -0.15) is 0 Å². The number of hydrogen-bond acceptors (Lipinski definition) is 2. The van der Waals surface area contributed by atoms with Crippen molar-refractivity contribution in [3.63, 3.8) is 0 Å². The molecule has 0 saturated carbocycles. The van der Waals surface area contributed by atoms with Crippen LogP contribution in [0.1, 0.15) is 0 Å². The highest BCUT2D eigenvalue weighted by Gasteiger charge is 2.04. The van der Waals surface area contributed by atoms with Crippen molar-refractivity contribution in [3.8, 4) is 0 Å². The fraction of sp³-hybridized carbons (Fsp3) is 1.00. The average molecular weight is 82.9 g/mol. The van der Waals surface area contributed by atoms with Crippen LogP contribution in [-0.2, 0) is 4.74 Å². The maximum atomic E-state index is 5.20. The Morgan fingerprint density at radius 2 is 2.67 bits per heavy atom. The van der Waals surface area contributed by atoms with Gasteiger partial charge in [0, 0.05) is 6.54 Å². The first-order valence-corrected chi connectivity index (χ1v) is 2.00. The first-order valence-electron chi connectivity index (χ1n) is 2.00. The molecule has 0 aromatic rings. The highest BCUT2D eigenvalue weighted by atomic mass is 16.5. The summed E-state index contributed by atoms with van der Waals surface area (Å²) in [5.41, 5.74) is 0. The van der Waals surface area contributed by atoms with E-state index < -0.39 is 0 Å². The fourth-order valence-corrected chi connectivity index (χ4v) is 0.446. The summed E-state index contributed by atoms with van der Waals surface area (Å²) >= 11 is 0. The molecule has 1 atom stereocenters. The minimum Gasteiger partial charge on any atom is -0.372 e. The van der Waals surface area contributed by atoms with Crippen LogP contribution in [0.4, 0.5) is 0 Å². The van der Waals surface area contributed by atoms with Crippen LogP contribution < -0.4 is 5.32 Å². The highest BCUT2D eigenvalue weighted by Crippen LogP contribution is 1.86. The van der Waals surface area contributed by atoms with E-state index in [-0.39, 0.29) is 6.13 Å². The number of rotatable bonds is 0. The van der Waals surface area contributed by atoms with E-state index in [1.54, 1.807) is 0 Å². The Morgan fingerprint density at radius 3 is 2.83 bits per heavy atom. The van der Waals surface area contributed by atoms with E-state index in [0.29, 0.717) is 0 Å². The van der Waals surface area contributed by atoms with Crippen LogP contribution in [0.5, 0.6) is 0 Å². The second-order valence-electron chi connectivity index (χ2n) is 1.25. The fourth-order valence-electron chi connectivity index (χ4n) is 0.446. The highest BCUT2D eigenvalue weighted by molar-refractivity contribution is 6.10. The second-order valence-corrected chi connectivity index (χ2v) is 1.25. The smallest absolute Gasteiger partial charge is 0.130 e. The van der Waals surface area contributed by atoms with Crippen molar-refractivity contribution in [2.45, 2.75) is 6.13 Å². The molecule has 0 amide bonds. The monoisotopic (exact) mass is 83.1 g/mol. The van der Waals surface area contributed by atoms with Gasteiger partial charge in [-0.15, -0.1) is 0 Å². The molecule has 6 heavy (non-hydrogen) atoms. The number of hydrogen-bond donors (Lipinski definition) is 1. The molecule has 0 aliphatic carbocycles. The van der Waals surface area contributed by atoms with Crippen LogP contribution in [0, 0.1) is 0 Å². The lowest BCUT2D eigenvalue weighted by atomic mass is 10.1. The average Bonchev–Trinajstić information content (AvgIpc) is 1.86. The summed E-state index contributed by atoms with van der Waals surface area (Å²) in [4.78, 5) is 0. The molecule has 2 nitrogen and oxygen atoms in total. The van der Waals surface area contributed by atoms with Crippen LogP contribution in [0.3, 0.4) is 0 Å². The Labute approximate surface area is 38.3 Å². The van der Waals surface area contributed by atoms with Crippen LogP contribution >= 0.6 is 0 Å². The van der Waals surface area contributed by atoms with Crippen molar-refractivity contribution < 1.29 is 4.74 Å². The molecule has 1 aliphatic heterocycles. The van der Waals surface area contributed by atoms with Crippen LogP contribution in [0.2, 0.25) is 0 Å². The molecular formula is C3H6BNO. The Hall–Kier alpha value is -0.0151. The van der Waals surface area contributed by atoms with Crippen molar-refractivity contribution >= 4 is 7.85 Å². The summed E-state index contributed by atoms with van der Waals surface area (Å²) in [6.07, 6.45) is -0.204. The van der Waals surface area contributed by atoms with Crippen molar-refractivity contribution in [1.82, 2.24) is 5.32 Å². The Morgan fingerprint density at radius 1 is 1.83 bits per heavy atom. The third-order valence-electron chi connectivity index (χ3n) is 0.745. The molecule has 0 aromatic heterocycles. The van der Waals surface area contributed by atoms with Crippen molar-refractivity contribution in [3.05, 3.63) is 0 Å².